The van der Waals surface area contributed by atoms with E-state index in [-0.39, 0.29) is 18.1 Å². The number of hydrogen-bond acceptors (Lipinski definition) is 4. The van der Waals surface area contributed by atoms with Crippen LogP contribution in [-0.4, -0.2) is 29.3 Å². The third kappa shape index (κ3) is 7.14. The van der Waals surface area contributed by atoms with Gasteiger partial charge in [0.15, 0.2) is 11.6 Å². The van der Waals surface area contributed by atoms with E-state index < -0.39 is 52.6 Å². The lowest BCUT2D eigenvalue weighted by Crippen LogP contribution is -2.49. The first kappa shape index (κ1) is 30.5. The second kappa shape index (κ2) is 13.9. The zero-order valence-corrected chi connectivity index (χ0v) is 23.0. The highest BCUT2D eigenvalue weighted by atomic mass is 19.2. The van der Waals surface area contributed by atoms with Gasteiger partial charge >= 0.3 is 11.9 Å². The molecule has 1 aliphatic carbocycles. The molecule has 39 heavy (non-hydrogen) atoms. The summed E-state index contributed by atoms with van der Waals surface area (Å²) in [6, 6.07) is 8.52. The molecule has 1 unspecified atom stereocenters. The minimum Gasteiger partial charge on any atom is -0.490 e. The van der Waals surface area contributed by atoms with Gasteiger partial charge in [0, 0.05) is 11.8 Å². The fourth-order valence-electron chi connectivity index (χ4n) is 5.43. The molecule has 0 spiro atoms. The molecule has 2 aromatic rings. The van der Waals surface area contributed by atoms with E-state index >= 15 is 4.39 Å². The predicted molar refractivity (Wildman–Crippen MR) is 143 cm³/mol. The summed E-state index contributed by atoms with van der Waals surface area (Å²) >= 11 is 0. The second-order valence-corrected chi connectivity index (χ2v) is 10.6. The molecular weight excluding hydrogens is 509 g/mol. The topological polar surface area (TPSA) is 72.8 Å². The van der Waals surface area contributed by atoms with Gasteiger partial charge < -0.3 is 14.6 Å². The van der Waals surface area contributed by atoms with E-state index in [1.54, 1.807) is 26.0 Å². The Bertz CT molecular complexity index is 1110. The number of alkyl halides is 1. The van der Waals surface area contributed by atoms with Crippen LogP contribution in [0.3, 0.4) is 0 Å². The molecule has 0 radical (unpaired) electrons. The lowest BCUT2D eigenvalue weighted by atomic mass is 9.67. The average Bonchev–Trinajstić information content (AvgIpc) is 2.94. The third-order valence-corrected chi connectivity index (χ3v) is 8.08. The first-order valence-corrected chi connectivity index (χ1v) is 14.0. The van der Waals surface area contributed by atoms with Crippen LogP contribution in [-0.2, 0) is 4.79 Å². The summed E-state index contributed by atoms with van der Waals surface area (Å²) in [5.74, 6) is -7.01. The van der Waals surface area contributed by atoms with Crippen LogP contribution in [0.4, 0.5) is 13.2 Å². The van der Waals surface area contributed by atoms with Crippen molar-refractivity contribution in [1.29, 1.82) is 0 Å². The Balaban J connectivity index is 1.66. The zero-order valence-electron chi connectivity index (χ0n) is 23.0. The van der Waals surface area contributed by atoms with E-state index in [1.165, 1.54) is 18.2 Å². The van der Waals surface area contributed by atoms with Crippen molar-refractivity contribution in [3.05, 3.63) is 59.2 Å². The standard InChI is InChI=1S/C31H39F3O5/c1-4-5-6-10-19-38-26-18-17-25(27(32)28(26)33)29(35)39-24-15-13-22(14-16-24)20(2)21(3)31(34,30(36)37)23-11-8-7-9-12-23/h13-18,20-21,23H,4-12,19H2,1-3H3,(H,36,37)/t20?,21-,31+/m0/s1. The largest absolute Gasteiger partial charge is 0.490 e. The van der Waals surface area contributed by atoms with Gasteiger partial charge in [-0.15, -0.1) is 0 Å². The highest BCUT2D eigenvalue weighted by molar-refractivity contribution is 5.91. The third-order valence-electron chi connectivity index (χ3n) is 8.08. The monoisotopic (exact) mass is 548 g/mol. The average molecular weight is 549 g/mol. The molecule has 2 aromatic carbocycles. The molecule has 0 saturated heterocycles. The van der Waals surface area contributed by atoms with Crippen molar-refractivity contribution in [1.82, 2.24) is 0 Å². The summed E-state index contributed by atoms with van der Waals surface area (Å²) in [5, 5.41) is 9.84. The molecule has 3 atom stereocenters. The summed E-state index contributed by atoms with van der Waals surface area (Å²) in [4.78, 5) is 24.6. The van der Waals surface area contributed by atoms with Crippen molar-refractivity contribution < 1.29 is 37.3 Å². The van der Waals surface area contributed by atoms with Gasteiger partial charge in [0.25, 0.3) is 0 Å². The van der Waals surface area contributed by atoms with Crippen LogP contribution in [0.15, 0.2) is 36.4 Å². The molecule has 0 aliphatic heterocycles. The highest BCUT2D eigenvalue weighted by Crippen LogP contribution is 2.45. The Labute approximate surface area is 228 Å². The number of carbonyl (C=O) groups excluding carboxylic acids is 1. The molecule has 1 aliphatic rings. The quantitative estimate of drug-likeness (QED) is 0.155. The number of halogens is 3. The second-order valence-electron chi connectivity index (χ2n) is 10.6. The Kier molecular flexibility index (Phi) is 10.8. The summed E-state index contributed by atoms with van der Waals surface area (Å²) in [7, 11) is 0. The van der Waals surface area contributed by atoms with Crippen LogP contribution in [0.1, 0.15) is 100 Å². The van der Waals surface area contributed by atoms with Gasteiger partial charge in [-0.25, -0.2) is 18.4 Å². The molecular formula is C31H39F3O5. The van der Waals surface area contributed by atoms with Crippen LogP contribution in [0.2, 0.25) is 0 Å². The van der Waals surface area contributed by atoms with Gasteiger partial charge in [0.1, 0.15) is 5.75 Å². The molecule has 3 rings (SSSR count). The Morgan fingerprint density at radius 2 is 1.64 bits per heavy atom. The van der Waals surface area contributed by atoms with E-state index in [9.17, 15) is 23.5 Å². The maximum atomic E-state index is 16.0. The van der Waals surface area contributed by atoms with Gasteiger partial charge in [-0.2, -0.15) is 4.39 Å². The summed E-state index contributed by atoms with van der Waals surface area (Å²) < 4.78 is 55.7. The molecule has 0 amide bonds. The van der Waals surface area contributed by atoms with Crippen molar-refractivity contribution in [3.8, 4) is 11.5 Å². The molecule has 0 heterocycles. The van der Waals surface area contributed by atoms with E-state index in [0.29, 0.717) is 18.4 Å². The van der Waals surface area contributed by atoms with Gasteiger partial charge in [-0.05, 0) is 55.0 Å². The highest BCUT2D eigenvalue weighted by Gasteiger charge is 2.52. The lowest BCUT2D eigenvalue weighted by Gasteiger charge is -2.39. The first-order chi connectivity index (χ1) is 18.6. The molecule has 1 N–H and O–H groups in total. The van der Waals surface area contributed by atoms with Crippen molar-refractivity contribution >= 4 is 11.9 Å². The zero-order chi connectivity index (χ0) is 28.6. The fourth-order valence-corrected chi connectivity index (χ4v) is 5.43. The SMILES string of the molecule is CCCCCCOc1ccc(C(=O)Oc2ccc(C(C)[C@H](C)[C@](F)(C(=O)O)C3CCCCC3)cc2)c(F)c1F. The van der Waals surface area contributed by atoms with Crippen LogP contribution < -0.4 is 9.47 Å². The number of carboxylic acid groups (broad SMARTS) is 1. The number of benzene rings is 2. The van der Waals surface area contributed by atoms with Crippen LogP contribution in [0, 0.1) is 23.5 Å². The maximum absolute atomic E-state index is 16.0. The predicted octanol–water partition coefficient (Wildman–Crippen LogP) is 8.26. The number of aliphatic carboxylic acids is 1. The molecule has 0 bridgehead atoms. The minimum absolute atomic E-state index is 0.0942. The van der Waals surface area contributed by atoms with Crippen molar-refractivity contribution in [3.63, 3.8) is 0 Å². The maximum Gasteiger partial charge on any atom is 0.346 e. The number of ether oxygens (including phenoxy) is 2. The number of unbranched alkanes of at least 4 members (excludes halogenated alkanes) is 3. The summed E-state index contributed by atoms with van der Waals surface area (Å²) in [6.45, 7) is 5.72. The smallest absolute Gasteiger partial charge is 0.346 e. The summed E-state index contributed by atoms with van der Waals surface area (Å²) in [5.41, 5.74) is -2.23. The van der Waals surface area contributed by atoms with E-state index in [4.69, 9.17) is 9.47 Å². The first-order valence-electron chi connectivity index (χ1n) is 14.0. The van der Waals surface area contributed by atoms with Crippen LogP contribution >= 0.6 is 0 Å². The van der Waals surface area contributed by atoms with Crippen LogP contribution in [0.25, 0.3) is 0 Å². The number of carboxylic acids is 1. The minimum atomic E-state index is -2.35. The Morgan fingerprint density at radius 1 is 0.974 bits per heavy atom. The van der Waals surface area contributed by atoms with E-state index in [2.05, 4.69) is 6.92 Å². The van der Waals surface area contributed by atoms with Gasteiger partial charge in [0.2, 0.25) is 11.5 Å². The van der Waals surface area contributed by atoms with Gasteiger partial charge in [0.05, 0.1) is 12.2 Å². The van der Waals surface area contributed by atoms with Gasteiger partial charge in [-0.1, -0.05) is 71.4 Å². The fraction of sp³-hybridized carbons (Fsp3) is 0.548. The Hall–Kier alpha value is -3.03. The normalized spacial score (nSPS) is 17.2. The van der Waals surface area contributed by atoms with Crippen LogP contribution in [0.5, 0.6) is 11.5 Å². The van der Waals surface area contributed by atoms with Crippen molar-refractivity contribution in [2.45, 2.75) is 90.1 Å². The van der Waals surface area contributed by atoms with E-state index in [0.717, 1.165) is 51.0 Å². The molecule has 0 aromatic heterocycles. The number of carbonyl (C=O) groups is 2. The lowest BCUT2D eigenvalue weighted by molar-refractivity contribution is -0.162. The molecule has 1 saturated carbocycles. The molecule has 1 fully saturated rings. The van der Waals surface area contributed by atoms with E-state index in [1.807, 2.05) is 0 Å². The van der Waals surface area contributed by atoms with Crippen molar-refractivity contribution in [2.75, 3.05) is 6.61 Å². The van der Waals surface area contributed by atoms with Crippen molar-refractivity contribution in [2.24, 2.45) is 11.8 Å². The number of rotatable bonds is 13. The molecule has 5 nitrogen and oxygen atoms in total. The van der Waals surface area contributed by atoms with Gasteiger partial charge in [-0.3, -0.25) is 0 Å². The molecule has 214 valence electrons. The molecule has 8 heteroatoms. The Morgan fingerprint density at radius 3 is 2.26 bits per heavy atom. The summed E-state index contributed by atoms with van der Waals surface area (Å²) in [6.07, 6.45) is 7.47. The number of esters is 1. The number of hydrogen-bond donors (Lipinski definition) is 1.